The van der Waals surface area contributed by atoms with Crippen molar-refractivity contribution in [1.29, 1.82) is 0 Å². The van der Waals surface area contributed by atoms with Gasteiger partial charge >= 0.3 is 12.2 Å². The molecule has 4 rings (SSSR count). The number of rotatable bonds is 4. The first-order valence-corrected chi connectivity index (χ1v) is 10.3. The van der Waals surface area contributed by atoms with Crippen LogP contribution in [0.5, 0.6) is 0 Å². The van der Waals surface area contributed by atoms with Gasteiger partial charge in [0, 0.05) is 25.2 Å². The number of carbonyl (C=O) groups excluding carboxylic acids is 2. The van der Waals surface area contributed by atoms with Crippen LogP contribution in [0.3, 0.4) is 0 Å². The van der Waals surface area contributed by atoms with Crippen molar-refractivity contribution in [1.82, 2.24) is 19.8 Å². The number of ether oxygens (including phenoxy) is 1. The summed E-state index contributed by atoms with van der Waals surface area (Å²) in [5.74, 6) is -0.248. The Morgan fingerprint density at radius 1 is 1.16 bits per heavy atom. The van der Waals surface area contributed by atoms with Crippen LogP contribution < -0.4 is 10.6 Å². The first-order chi connectivity index (χ1) is 15.3. The number of benzene rings is 1. The van der Waals surface area contributed by atoms with Crippen LogP contribution in [0.1, 0.15) is 16.8 Å². The maximum atomic E-state index is 12.6. The highest BCUT2D eigenvalue weighted by Crippen LogP contribution is 2.31. The Labute approximate surface area is 188 Å². The Kier molecular flexibility index (Phi) is 5.99. The van der Waals surface area contributed by atoms with E-state index in [4.69, 9.17) is 22.1 Å². The van der Waals surface area contributed by atoms with Gasteiger partial charge in [-0.1, -0.05) is 30.3 Å². The molecule has 3 amide bonds. The van der Waals surface area contributed by atoms with E-state index in [1.54, 1.807) is 4.90 Å². The second-order valence-electron chi connectivity index (χ2n) is 7.48. The molecule has 3 heterocycles. The second-order valence-corrected chi connectivity index (χ2v) is 7.82. The summed E-state index contributed by atoms with van der Waals surface area (Å²) in [5, 5.41) is 9.29. The van der Waals surface area contributed by atoms with Crippen molar-refractivity contribution in [2.75, 3.05) is 24.5 Å². The predicted molar refractivity (Wildman–Crippen MR) is 113 cm³/mol. The molecule has 2 aliphatic rings. The van der Waals surface area contributed by atoms with E-state index >= 15 is 0 Å². The maximum absolute atomic E-state index is 12.6. The SMILES string of the molecule is NC(=O)[C@H]1CN(c2nc(Cl)nc3c2CN(C(=O)O)C3)CCN1C(=O)OCc1ccccc1. The monoisotopic (exact) mass is 460 g/mol. The highest BCUT2D eigenvalue weighted by Gasteiger charge is 2.38. The van der Waals surface area contributed by atoms with E-state index in [0.717, 1.165) is 5.56 Å². The van der Waals surface area contributed by atoms with Crippen molar-refractivity contribution in [3.8, 4) is 0 Å². The molecule has 0 saturated carbocycles. The Hall–Kier alpha value is -3.60. The third-order valence-electron chi connectivity index (χ3n) is 5.45. The lowest BCUT2D eigenvalue weighted by Crippen LogP contribution is -2.60. The lowest BCUT2D eigenvalue weighted by molar-refractivity contribution is -0.123. The molecule has 1 aromatic carbocycles. The summed E-state index contributed by atoms with van der Waals surface area (Å²) in [6, 6.07) is 8.25. The molecule has 0 spiro atoms. The number of aromatic nitrogens is 2. The lowest BCUT2D eigenvalue weighted by Gasteiger charge is -2.40. The van der Waals surface area contributed by atoms with Crippen LogP contribution in [0.25, 0.3) is 0 Å². The number of hydrogen-bond acceptors (Lipinski definition) is 7. The zero-order valence-electron chi connectivity index (χ0n) is 17.0. The first kappa shape index (κ1) is 21.6. The molecule has 3 N–H and O–H groups in total. The van der Waals surface area contributed by atoms with Crippen molar-refractivity contribution in [3.05, 3.63) is 52.4 Å². The fourth-order valence-corrected chi connectivity index (χ4v) is 4.03. The topological polar surface area (TPSA) is 142 Å². The summed E-state index contributed by atoms with van der Waals surface area (Å²) in [4.78, 5) is 48.9. The van der Waals surface area contributed by atoms with Gasteiger partial charge < -0.3 is 20.5 Å². The zero-order chi connectivity index (χ0) is 22.8. The van der Waals surface area contributed by atoms with Crippen molar-refractivity contribution in [2.24, 2.45) is 5.73 Å². The quantitative estimate of drug-likeness (QED) is 0.652. The number of carboxylic acid groups (broad SMARTS) is 1. The van der Waals surface area contributed by atoms with E-state index < -0.39 is 24.1 Å². The van der Waals surface area contributed by atoms with Crippen LogP contribution in [-0.2, 0) is 29.2 Å². The van der Waals surface area contributed by atoms with E-state index in [1.807, 2.05) is 30.3 Å². The van der Waals surface area contributed by atoms with Crippen LogP contribution in [0.15, 0.2) is 30.3 Å². The Morgan fingerprint density at radius 3 is 2.59 bits per heavy atom. The molecule has 11 nitrogen and oxygen atoms in total. The van der Waals surface area contributed by atoms with Crippen molar-refractivity contribution >= 4 is 35.5 Å². The molecule has 12 heteroatoms. The molecule has 2 aromatic rings. The maximum Gasteiger partial charge on any atom is 0.410 e. The number of primary amides is 1. The summed E-state index contributed by atoms with van der Waals surface area (Å²) in [6.07, 6.45) is -1.72. The first-order valence-electron chi connectivity index (χ1n) is 9.88. The number of amides is 3. The summed E-state index contributed by atoms with van der Waals surface area (Å²) in [6.45, 7) is 0.855. The van der Waals surface area contributed by atoms with Gasteiger partial charge in [0.2, 0.25) is 11.2 Å². The lowest BCUT2D eigenvalue weighted by atomic mass is 10.1. The van der Waals surface area contributed by atoms with Crippen molar-refractivity contribution < 1.29 is 24.2 Å². The number of anilines is 1. The molecule has 0 unspecified atom stereocenters. The Bertz CT molecular complexity index is 1050. The molecule has 1 saturated heterocycles. The standard InChI is InChI=1S/C20H21ClN6O5/c21-18-23-14-9-26(19(29)30)8-13(14)17(24-18)25-6-7-27(15(10-25)16(22)28)20(31)32-11-12-4-2-1-3-5-12/h1-5,15H,6-11H2,(H2,22,28)(H,29,30)/t15-/m1/s1. The van der Waals surface area contributed by atoms with Gasteiger partial charge in [0.1, 0.15) is 18.5 Å². The van der Waals surface area contributed by atoms with Crippen molar-refractivity contribution in [2.45, 2.75) is 25.7 Å². The molecule has 2 aliphatic heterocycles. The van der Waals surface area contributed by atoms with Crippen LogP contribution in [0.4, 0.5) is 15.4 Å². The zero-order valence-corrected chi connectivity index (χ0v) is 17.7. The van der Waals surface area contributed by atoms with Gasteiger partial charge in [-0.25, -0.2) is 19.6 Å². The molecule has 168 valence electrons. The molecule has 32 heavy (non-hydrogen) atoms. The van der Waals surface area contributed by atoms with Crippen molar-refractivity contribution in [3.63, 3.8) is 0 Å². The summed E-state index contributed by atoms with van der Waals surface area (Å²) < 4.78 is 5.36. The number of hydrogen-bond donors (Lipinski definition) is 2. The predicted octanol–water partition coefficient (Wildman–Crippen LogP) is 1.44. The highest BCUT2D eigenvalue weighted by atomic mass is 35.5. The molecular formula is C20H21ClN6O5. The van der Waals surface area contributed by atoms with E-state index in [1.165, 1.54) is 9.80 Å². The van der Waals surface area contributed by atoms with Crippen LogP contribution in [0, 0.1) is 0 Å². The number of halogens is 1. The minimum Gasteiger partial charge on any atom is -0.465 e. The van der Waals surface area contributed by atoms with Gasteiger partial charge in [-0.15, -0.1) is 0 Å². The minimum absolute atomic E-state index is 0.0219. The molecule has 1 fully saturated rings. The number of fused-ring (bicyclic) bond motifs is 1. The van der Waals surface area contributed by atoms with Gasteiger partial charge in [0.05, 0.1) is 18.8 Å². The van der Waals surface area contributed by atoms with E-state index in [0.29, 0.717) is 23.6 Å². The number of piperazine rings is 1. The number of nitrogens with two attached hydrogens (primary N) is 1. The Balaban J connectivity index is 1.50. The highest BCUT2D eigenvalue weighted by molar-refractivity contribution is 6.28. The average molecular weight is 461 g/mol. The van der Waals surface area contributed by atoms with Crippen LogP contribution in [-0.4, -0.2) is 68.6 Å². The third kappa shape index (κ3) is 4.37. The normalized spacial score (nSPS) is 17.8. The molecule has 0 bridgehead atoms. The molecule has 0 radical (unpaired) electrons. The fourth-order valence-electron chi connectivity index (χ4n) is 3.84. The van der Waals surface area contributed by atoms with Crippen LogP contribution in [0.2, 0.25) is 5.28 Å². The largest absolute Gasteiger partial charge is 0.465 e. The summed E-state index contributed by atoms with van der Waals surface area (Å²) in [7, 11) is 0. The molecule has 1 atom stereocenters. The summed E-state index contributed by atoms with van der Waals surface area (Å²) >= 11 is 6.06. The van der Waals surface area contributed by atoms with Gasteiger partial charge in [0.15, 0.2) is 0 Å². The Morgan fingerprint density at radius 2 is 1.91 bits per heavy atom. The summed E-state index contributed by atoms with van der Waals surface area (Å²) in [5.41, 5.74) is 7.55. The smallest absolute Gasteiger partial charge is 0.410 e. The number of carbonyl (C=O) groups is 3. The van der Waals surface area contributed by atoms with Gasteiger partial charge in [0.25, 0.3) is 0 Å². The fraction of sp³-hybridized carbons (Fsp3) is 0.350. The van der Waals surface area contributed by atoms with Gasteiger partial charge in [-0.05, 0) is 17.2 Å². The van der Waals surface area contributed by atoms with E-state index in [2.05, 4.69) is 9.97 Å². The third-order valence-corrected chi connectivity index (χ3v) is 5.62. The molecule has 0 aliphatic carbocycles. The second kappa shape index (κ2) is 8.87. The molecular weight excluding hydrogens is 440 g/mol. The molecule has 1 aromatic heterocycles. The van der Waals surface area contributed by atoms with Gasteiger partial charge in [-0.3, -0.25) is 14.6 Å². The minimum atomic E-state index is -1.08. The average Bonchev–Trinajstić information content (AvgIpc) is 3.21. The van der Waals surface area contributed by atoms with Gasteiger partial charge in [-0.2, -0.15) is 0 Å². The van der Waals surface area contributed by atoms with Crippen LogP contribution >= 0.6 is 11.6 Å². The van der Waals surface area contributed by atoms with E-state index in [9.17, 15) is 19.5 Å². The van der Waals surface area contributed by atoms with E-state index in [-0.39, 0.29) is 38.1 Å². The number of nitrogens with zero attached hydrogens (tertiary/aromatic N) is 5.